The number of aromatic amines is 1. The maximum absolute atomic E-state index is 13.1. The first-order chi connectivity index (χ1) is 16.9. The molecule has 4 rings (SSSR count). The number of H-pyrrole nitrogens is 1. The third kappa shape index (κ3) is 5.49. The second kappa shape index (κ2) is 10.9. The zero-order chi connectivity index (χ0) is 24.9. The first-order valence-electron chi connectivity index (χ1n) is 11.7. The predicted molar refractivity (Wildman–Crippen MR) is 135 cm³/mol. The van der Waals surface area contributed by atoms with Crippen molar-refractivity contribution in [3.63, 3.8) is 0 Å². The van der Waals surface area contributed by atoms with Gasteiger partial charge in [0.15, 0.2) is 5.82 Å². The zero-order valence-electron chi connectivity index (χ0n) is 20.4. The SMILES string of the molecule is CCOC(=O)Cn1nnnc1[C@H](CC)N(Cc1cccs1)Cc1cc2ccc(C)c(C)c2[nH]c1=O. The summed E-state index contributed by atoms with van der Waals surface area (Å²) in [6.45, 7) is 9.12. The van der Waals surface area contributed by atoms with E-state index in [0.29, 0.717) is 37.5 Å². The maximum Gasteiger partial charge on any atom is 0.327 e. The Hall–Kier alpha value is -3.37. The number of fused-ring (bicyclic) bond motifs is 1. The van der Waals surface area contributed by atoms with Gasteiger partial charge in [-0.05, 0) is 71.6 Å². The molecule has 3 heterocycles. The van der Waals surface area contributed by atoms with Crippen molar-refractivity contribution in [2.45, 2.75) is 59.8 Å². The lowest BCUT2D eigenvalue weighted by Crippen LogP contribution is -2.32. The van der Waals surface area contributed by atoms with Crippen LogP contribution in [0.25, 0.3) is 10.9 Å². The molecular weight excluding hydrogens is 464 g/mol. The van der Waals surface area contributed by atoms with Crippen LogP contribution in [0.15, 0.2) is 40.5 Å². The number of aryl methyl sites for hydroxylation is 2. The third-order valence-corrected chi connectivity index (χ3v) is 7.07. The predicted octanol–water partition coefficient (Wildman–Crippen LogP) is 3.91. The molecule has 0 saturated heterocycles. The van der Waals surface area contributed by atoms with E-state index in [1.165, 1.54) is 4.68 Å². The number of pyridine rings is 1. The number of carbonyl (C=O) groups is 1. The van der Waals surface area contributed by atoms with Crippen LogP contribution in [0.5, 0.6) is 0 Å². The van der Waals surface area contributed by atoms with Crippen LogP contribution in [0.2, 0.25) is 0 Å². The van der Waals surface area contributed by atoms with Gasteiger partial charge in [0.05, 0.1) is 18.2 Å². The summed E-state index contributed by atoms with van der Waals surface area (Å²) in [5, 5.41) is 15.2. The second-order valence-corrected chi connectivity index (χ2v) is 9.54. The third-order valence-electron chi connectivity index (χ3n) is 6.21. The highest BCUT2D eigenvalue weighted by molar-refractivity contribution is 7.09. The minimum atomic E-state index is -0.391. The minimum absolute atomic E-state index is 0.0608. The van der Waals surface area contributed by atoms with Crippen molar-refractivity contribution < 1.29 is 9.53 Å². The van der Waals surface area contributed by atoms with Crippen LogP contribution in [-0.4, -0.2) is 42.7 Å². The number of carbonyl (C=O) groups excluding carboxylic acids is 1. The molecule has 0 aliphatic carbocycles. The zero-order valence-corrected chi connectivity index (χ0v) is 21.3. The van der Waals surface area contributed by atoms with Crippen molar-refractivity contribution in [2.75, 3.05) is 6.61 Å². The molecule has 1 atom stereocenters. The van der Waals surface area contributed by atoms with E-state index in [9.17, 15) is 9.59 Å². The summed E-state index contributed by atoms with van der Waals surface area (Å²) in [4.78, 5) is 31.7. The van der Waals surface area contributed by atoms with Gasteiger partial charge in [-0.1, -0.05) is 25.1 Å². The molecule has 35 heavy (non-hydrogen) atoms. The van der Waals surface area contributed by atoms with Crippen molar-refractivity contribution in [1.82, 2.24) is 30.1 Å². The summed E-state index contributed by atoms with van der Waals surface area (Å²) in [7, 11) is 0. The summed E-state index contributed by atoms with van der Waals surface area (Å²) >= 11 is 1.66. The Labute approximate surface area is 207 Å². The van der Waals surface area contributed by atoms with Crippen molar-refractivity contribution in [1.29, 1.82) is 0 Å². The number of aromatic nitrogens is 5. The van der Waals surface area contributed by atoms with Crippen LogP contribution in [0, 0.1) is 13.8 Å². The smallest absolute Gasteiger partial charge is 0.327 e. The van der Waals surface area contributed by atoms with E-state index in [4.69, 9.17) is 4.74 Å². The van der Waals surface area contributed by atoms with Crippen LogP contribution in [0.4, 0.5) is 0 Å². The standard InChI is InChI=1S/C25H30N6O3S/c1-5-21(24-27-28-29-31(24)15-22(32)34-6-2)30(14-20-8-7-11-35-20)13-19-12-18-10-9-16(3)17(4)23(18)26-25(19)33/h7-12,21H,5-6,13-15H2,1-4H3,(H,26,33)/t21-/m0/s1. The largest absolute Gasteiger partial charge is 0.465 e. The summed E-state index contributed by atoms with van der Waals surface area (Å²) in [5.41, 5.74) is 3.64. The van der Waals surface area contributed by atoms with Crippen LogP contribution in [-0.2, 0) is 29.2 Å². The number of hydrogen-bond donors (Lipinski definition) is 1. The summed E-state index contributed by atoms with van der Waals surface area (Å²) < 4.78 is 6.58. The lowest BCUT2D eigenvalue weighted by molar-refractivity contribution is -0.144. The Morgan fingerprint density at radius 3 is 2.77 bits per heavy atom. The van der Waals surface area contributed by atoms with E-state index < -0.39 is 5.97 Å². The summed E-state index contributed by atoms with van der Waals surface area (Å²) in [6, 6.07) is 9.95. The van der Waals surface area contributed by atoms with Gasteiger partial charge in [0, 0.05) is 23.5 Å². The molecule has 0 bridgehead atoms. The molecule has 0 radical (unpaired) electrons. The van der Waals surface area contributed by atoms with Gasteiger partial charge in [-0.15, -0.1) is 16.4 Å². The molecule has 0 saturated carbocycles. The van der Waals surface area contributed by atoms with Crippen molar-refractivity contribution >= 4 is 28.2 Å². The highest BCUT2D eigenvalue weighted by Gasteiger charge is 2.27. The van der Waals surface area contributed by atoms with Gasteiger partial charge in [0.25, 0.3) is 5.56 Å². The highest BCUT2D eigenvalue weighted by Crippen LogP contribution is 2.28. The van der Waals surface area contributed by atoms with Crippen LogP contribution < -0.4 is 5.56 Å². The van der Waals surface area contributed by atoms with E-state index >= 15 is 0 Å². The number of esters is 1. The van der Waals surface area contributed by atoms with Crippen molar-refractivity contribution in [3.05, 3.63) is 73.5 Å². The van der Waals surface area contributed by atoms with Gasteiger partial charge >= 0.3 is 5.97 Å². The average Bonchev–Trinajstić information content (AvgIpc) is 3.51. The first kappa shape index (κ1) is 24.7. The molecule has 0 unspecified atom stereocenters. The fraction of sp³-hybridized carbons (Fsp3) is 0.400. The summed E-state index contributed by atoms with van der Waals surface area (Å²) in [5.74, 6) is 0.179. The first-order valence-corrected chi connectivity index (χ1v) is 12.6. The van der Waals surface area contributed by atoms with Crippen molar-refractivity contribution in [2.24, 2.45) is 0 Å². The molecule has 184 valence electrons. The molecule has 0 aliphatic rings. The number of ether oxygens (including phenoxy) is 1. The van der Waals surface area contributed by atoms with Gasteiger partial charge in [0.1, 0.15) is 6.54 Å². The molecule has 1 aromatic carbocycles. The lowest BCUT2D eigenvalue weighted by atomic mass is 10.0. The molecular formula is C25H30N6O3S. The van der Waals surface area contributed by atoms with Gasteiger partial charge < -0.3 is 9.72 Å². The topological polar surface area (TPSA) is 106 Å². The Morgan fingerprint density at radius 2 is 2.06 bits per heavy atom. The molecule has 0 aliphatic heterocycles. The lowest BCUT2D eigenvalue weighted by Gasteiger charge is -2.29. The molecule has 4 aromatic rings. The fourth-order valence-electron chi connectivity index (χ4n) is 4.28. The summed E-state index contributed by atoms with van der Waals surface area (Å²) in [6.07, 6.45) is 0.693. The van der Waals surface area contributed by atoms with Crippen LogP contribution >= 0.6 is 11.3 Å². The van der Waals surface area contributed by atoms with E-state index in [2.05, 4.69) is 37.5 Å². The number of nitrogens with one attached hydrogen (secondary N) is 1. The molecule has 0 amide bonds. The quantitative estimate of drug-likeness (QED) is 0.333. The number of hydrogen-bond acceptors (Lipinski definition) is 8. The van der Waals surface area contributed by atoms with Crippen LogP contribution in [0.1, 0.15) is 53.7 Å². The normalized spacial score (nSPS) is 12.4. The highest BCUT2D eigenvalue weighted by atomic mass is 32.1. The second-order valence-electron chi connectivity index (χ2n) is 8.50. The van der Waals surface area contributed by atoms with E-state index in [-0.39, 0.29) is 18.1 Å². The number of thiophene rings is 1. The van der Waals surface area contributed by atoms with Gasteiger partial charge in [-0.25, -0.2) is 4.68 Å². The monoisotopic (exact) mass is 494 g/mol. The number of tetrazole rings is 1. The Morgan fingerprint density at radius 1 is 1.23 bits per heavy atom. The molecule has 0 spiro atoms. The van der Waals surface area contributed by atoms with E-state index in [1.807, 2.05) is 44.4 Å². The van der Waals surface area contributed by atoms with Gasteiger partial charge in [-0.2, -0.15) is 0 Å². The Balaban J connectivity index is 1.71. The number of benzene rings is 1. The Bertz CT molecular complexity index is 1360. The molecule has 3 aromatic heterocycles. The fourth-order valence-corrected chi connectivity index (χ4v) is 5.01. The minimum Gasteiger partial charge on any atom is -0.465 e. The molecule has 0 fully saturated rings. The number of rotatable bonds is 10. The maximum atomic E-state index is 13.1. The average molecular weight is 495 g/mol. The molecule has 9 nitrogen and oxygen atoms in total. The van der Waals surface area contributed by atoms with Gasteiger partial charge in [0.2, 0.25) is 0 Å². The molecule has 10 heteroatoms. The molecule has 1 N–H and O–H groups in total. The Kier molecular flexibility index (Phi) is 7.72. The van der Waals surface area contributed by atoms with E-state index in [1.54, 1.807) is 18.3 Å². The van der Waals surface area contributed by atoms with Crippen molar-refractivity contribution in [3.8, 4) is 0 Å². The number of nitrogens with zero attached hydrogens (tertiary/aromatic N) is 5. The van der Waals surface area contributed by atoms with Crippen LogP contribution in [0.3, 0.4) is 0 Å². The van der Waals surface area contributed by atoms with Gasteiger partial charge in [-0.3, -0.25) is 14.5 Å². The van der Waals surface area contributed by atoms with E-state index in [0.717, 1.165) is 26.9 Å².